The number of nitrogens with one attached hydrogen (secondary N) is 2. The molecule has 1 aromatic carbocycles. The lowest BCUT2D eigenvalue weighted by atomic mass is 9.83. The normalized spacial score (nSPS) is 14.6. The molecule has 0 aliphatic heterocycles. The molecule has 9 nitrogen and oxygen atoms in total. The van der Waals surface area contributed by atoms with Crippen LogP contribution < -0.4 is 21.1 Å². The first kappa shape index (κ1) is 37.8. The minimum absolute atomic E-state index is 0.0225. The molecule has 2 amide bonds. The molecule has 0 aliphatic rings. The Morgan fingerprint density at radius 2 is 1.69 bits per heavy atom. The van der Waals surface area contributed by atoms with Crippen LogP contribution in [0.3, 0.4) is 0 Å². The van der Waals surface area contributed by atoms with Gasteiger partial charge < -0.3 is 35.8 Å². The third-order valence-electron chi connectivity index (χ3n) is 7.79. The molecule has 9 heteroatoms. The highest BCUT2D eigenvalue weighted by molar-refractivity contribution is 5.97. The summed E-state index contributed by atoms with van der Waals surface area (Å²) in [6.45, 7) is 13.3. The van der Waals surface area contributed by atoms with Gasteiger partial charge in [0.2, 0.25) is 5.91 Å². The summed E-state index contributed by atoms with van der Waals surface area (Å²) < 4.78 is 11.2. The molecule has 0 bridgehead atoms. The van der Waals surface area contributed by atoms with Crippen molar-refractivity contribution in [2.24, 2.45) is 29.4 Å². The Labute approximate surface area is 255 Å². The molecule has 1 rings (SSSR count). The van der Waals surface area contributed by atoms with Crippen LogP contribution in [0.1, 0.15) is 89.1 Å². The van der Waals surface area contributed by atoms with Gasteiger partial charge in [0, 0.05) is 45.3 Å². The molecule has 42 heavy (non-hydrogen) atoms. The predicted molar refractivity (Wildman–Crippen MR) is 171 cm³/mol. The van der Waals surface area contributed by atoms with Crippen LogP contribution in [-0.2, 0) is 16.1 Å². The molecule has 1 aromatic rings. The summed E-state index contributed by atoms with van der Waals surface area (Å²) in [5.41, 5.74) is 8.06. The van der Waals surface area contributed by atoms with Crippen molar-refractivity contribution in [2.75, 3.05) is 47.5 Å². The molecule has 0 saturated carbocycles. The molecular weight excluding hydrogens is 532 g/mol. The molecule has 5 N–H and O–H groups in total. The molecule has 0 spiro atoms. The minimum atomic E-state index is -0.811. The van der Waals surface area contributed by atoms with Crippen molar-refractivity contribution in [3.8, 4) is 5.75 Å². The quantitative estimate of drug-likeness (QED) is 0.149. The number of amides is 2. The number of aliphatic hydroxyl groups is 1. The highest BCUT2D eigenvalue weighted by Gasteiger charge is 2.30. The van der Waals surface area contributed by atoms with Crippen molar-refractivity contribution in [2.45, 2.75) is 91.8 Å². The fourth-order valence-corrected chi connectivity index (χ4v) is 4.92. The van der Waals surface area contributed by atoms with Gasteiger partial charge in [0.25, 0.3) is 5.91 Å². The third kappa shape index (κ3) is 14.3. The molecule has 0 aromatic heterocycles. The van der Waals surface area contributed by atoms with Crippen LogP contribution in [0.4, 0.5) is 0 Å². The summed E-state index contributed by atoms with van der Waals surface area (Å²) in [7, 11) is 5.69. The average molecular weight is 593 g/mol. The van der Waals surface area contributed by atoms with Gasteiger partial charge >= 0.3 is 0 Å². The number of hydrogen-bond donors (Lipinski definition) is 4. The van der Waals surface area contributed by atoms with E-state index in [1.807, 2.05) is 46.1 Å². The SMILES string of the molecule is CCCCNC(=O)C(CC(O)C(N)CC(CNC(=O)c1ccc(CN(C)C)cc1OCCCCOC)C(C)C)C(C)C. The van der Waals surface area contributed by atoms with Crippen molar-refractivity contribution in [1.29, 1.82) is 0 Å². The Balaban J connectivity index is 2.87. The largest absolute Gasteiger partial charge is 0.493 e. The second-order valence-corrected chi connectivity index (χ2v) is 12.5. The smallest absolute Gasteiger partial charge is 0.255 e. The molecule has 4 unspecified atom stereocenters. The molecule has 0 radical (unpaired) electrons. The lowest BCUT2D eigenvalue weighted by Crippen LogP contribution is -2.44. The second-order valence-electron chi connectivity index (χ2n) is 12.5. The number of unbranched alkanes of at least 4 members (excludes halogenated alkanes) is 2. The number of carbonyl (C=O) groups is 2. The number of ether oxygens (including phenoxy) is 2. The van der Waals surface area contributed by atoms with E-state index in [0.717, 1.165) is 37.8 Å². The molecule has 242 valence electrons. The zero-order valence-electron chi connectivity index (χ0n) is 27.6. The standard InChI is InChI=1S/C33H60N4O5/c1-9-10-15-35-33(40)28(24(4)5)20-30(38)29(34)19-26(23(2)3)21-36-32(39)27-14-13-25(22-37(6)7)18-31(27)42-17-12-11-16-41-8/h13-14,18,23-24,26,28-30,38H,9-12,15-17,19-22,34H2,1-8H3,(H,35,40)(H,36,39). The Morgan fingerprint density at radius 1 is 1.00 bits per heavy atom. The van der Waals surface area contributed by atoms with Gasteiger partial charge in [-0.25, -0.2) is 0 Å². The highest BCUT2D eigenvalue weighted by atomic mass is 16.5. The average Bonchev–Trinajstić information content (AvgIpc) is 2.92. The number of nitrogens with two attached hydrogens (primary N) is 1. The van der Waals surface area contributed by atoms with Crippen molar-refractivity contribution in [3.63, 3.8) is 0 Å². The van der Waals surface area contributed by atoms with Crippen molar-refractivity contribution >= 4 is 11.8 Å². The van der Waals surface area contributed by atoms with Crippen LogP contribution in [-0.4, -0.2) is 81.5 Å². The summed E-state index contributed by atoms with van der Waals surface area (Å²) in [5.74, 6) is 0.445. The van der Waals surface area contributed by atoms with Gasteiger partial charge in [-0.15, -0.1) is 0 Å². The Morgan fingerprint density at radius 3 is 2.29 bits per heavy atom. The van der Waals surface area contributed by atoms with E-state index in [1.54, 1.807) is 7.11 Å². The van der Waals surface area contributed by atoms with Crippen LogP contribution in [0.15, 0.2) is 18.2 Å². The Bertz CT molecular complexity index is 908. The fourth-order valence-electron chi connectivity index (χ4n) is 4.92. The van der Waals surface area contributed by atoms with Gasteiger partial charge in [-0.2, -0.15) is 0 Å². The predicted octanol–water partition coefficient (Wildman–Crippen LogP) is 4.21. The first-order chi connectivity index (χ1) is 19.9. The Hall–Kier alpha value is -2.20. The van der Waals surface area contributed by atoms with Crippen LogP contribution in [0, 0.1) is 23.7 Å². The maximum Gasteiger partial charge on any atom is 0.255 e. The number of carbonyl (C=O) groups excluding carboxylic acids is 2. The molecule has 0 saturated heterocycles. The van der Waals surface area contributed by atoms with Gasteiger partial charge in [-0.1, -0.05) is 47.1 Å². The van der Waals surface area contributed by atoms with E-state index in [1.165, 1.54) is 0 Å². The molecule has 4 atom stereocenters. The highest BCUT2D eigenvalue weighted by Crippen LogP contribution is 2.25. The van der Waals surface area contributed by atoms with Crippen molar-refractivity contribution in [3.05, 3.63) is 29.3 Å². The molecule has 0 fully saturated rings. The van der Waals surface area contributed by atoms with E-state index >= 15 is 0 Å². The Kier molecular flexibility index (Phi) is 18.6. The lowest BCUT2D eigenvalue weighted by Gasteiger charge is -2.30. The van der Waals surface area contributed by atoms with E-state index in [0.29, 0.717) is 50.5 Å². The van der Waals surface area contributed by atoms with Gasteiger partial charge in [0.05, 0.1) is 18.3 Å². The zero-order valence-corrected chi connectivity index (χ0v) is 27.6. The van der Waals surface area contributed by atoms with Crippen molar-refractivity contribution < 1.29 is 24.2 Å². The van der Waals surface area contributed by atoms with E-state index in [-0.39, 0.29) is 35.5 Å². The zero-order chi connectivity index (χ0) is 31.7. The summed E-state index contributed by atoms with van der Waals surface area (Å²) in [4.78, 5) is 28.2. The van der Waals surface area contributed by atoms with E-state index in [4.69, 9.17) is 15.2 Å². The monoisotopic (exact) mass is 592 g/mol. The van der Waals surface area contributed by atoms with Gasteiger partial charge in [-0.3, -0.25) is 9.59 Å². The number of aliphatic hydroxyl groups excluding tert-OH is 1. The molecule has 0 heterocycles. The first-order valence-corrected chi connectivity index (χ1v) is 15.8. The summed E-state index contributed by atoms with van der Waals surface area (Å²) in [6.07, 6.45) is 3.71. The first-order valence-electron chi connectivity index (χ1n) is 15.8. The van der Waals surface area contributed by atoms with Crippen LogP contribution in [0.2, 0.25) is 0 Å². The summed E-state index contributed by atoms with van der Waals surface area (Å²) in [5, 5.41) is 17.1. The van der Waals surface area contributed by atoms with Crippen LogP contribution >= 0.6 is 0 Å². The number of rotatable bonds is 22. The second kappa shape index (κ2) is 20.7. The van der Waals surface area contributed by atoms with E-state index < -0.39 is 12.1 Å². The topological polar surface area (TPSA) is 126 Å². The maximum atomic E-state index is 13.3. The van der Waals surface area contributed by atoms with E-state index in [2.05, 4.69) is 36.3 Å². The number of nitrogens with zero attached hydrogens (tertiary/aromatic N) is 1. The third-order valence-corrected chi connectivity index (χ3v) is 7.79. The van der Waals surface area contributed by atoms with Crippen LogP contribution in [0.5, 0.6) is 5.75 Å². The van der Waals surface area contributed by atoms with E-state index in [9.17, 15) is 14.7 Å². The number of methoxy groups -OCH3 is 1. The van der Waals surface area contributed by atoms with Crippen LogP contribution in [0.25, 0.3) is 0 Å². The maximum absolute atomic E-state index is 13.3. The van der Waals surface area contributed by atoms with Gasteiger partial charge in [0.1, 0.15) is 5.75 Å². The number of benzene rings is 1. The minimum Gasteiger partial charge on any atom is -0.493 e. The molecule has 0 aliphatic carbocycles. The molecular formula is C33H60N4O5. The summed E-state index contributed by atoms with van der Waals surface area (Å²) >= 11 is 0. The fraction of sp³-hybridized carbons (Fsp3) is 0.758. The van der Waals surface area contributed by atoms with Gasteiger partial charge in [0.15, 0.2) is 0 Å². The van der Waals surface area contributed by atoms with Gasteiger partial charge in [-0.05, 0) is 81.6 Å². The number of hydrogen-bond acceptors (Lipinski definition) is 7. The summed E-state index contributed by atoms with van der Waals surface area (Å²) in [6, 6.07) is 5.23. The van der Waals surface area contributed by atoms with Crippen molar-refractivity contribution in [1.82, 2.24) is 15.5 Å². The lowest BCUT2D eigenvalue weighted by molar-refractivity contribution is -0.127.